The molecule has 0 aromatic heterocycles. The van der Waals surface area contributed by atoms with Crippen molar-refractivity contribution in [2.75, 3.05) is 13.2 Å². The average Bonchev–Trinajstić information content (AvgIpc) is 3.26. The maximum absolute atomic E-state index is 9.30. The monoisotopic (exact) mass is 331 g/mol. The molecule has 1 aliphatic carbocycles. The van der Waals surface area contributed by atoms with Gasteiger partial charge in [0.25, 0.3) is 0 Å². The summed E-state index contributed by atoms with van der Waals surface area (Å²) in [6, 6.07) is 0.594. The molecule has 6 heteroatoms. The molecule has 23 heavy (non-hydrogen) atoms. The Morgan fingerprint density at radius 2 is 2.26 bits per heavy atom. The molecule has 5 rings (SSSR count). The third kappa shape index (κ3) is 2.08. The van der Waals surface area contributed by atoms with Crippen LogP contribution in [-0.4, -0.2) is 57.8 Å². The molecule has 2 unspecified atom stereocenters. The highest BCUT2D eigenvalue weighted by Crippen LogP contribution is 2.51. The van der Waals surface area contributed by atoms with E-state index < -0.39 is 0 Å². The van der Waals surface area contributed by atoms with Gasteiger partial charge >= 0.3 is 0 Å². The molecule has 2 fully saturated rings. The molecule has 1 spiro atoms. The molecule has 122 valence electrons. The zero-order valence-corrected chi connectivity index (χ0v) is 13.8. The summed E-state index contributed by atoms with van der Waals surface area (Å²) in [5, 5.41) is 11.4. The Kier molecular flexibility index (Phi) is 3.22. The molecule has 0 aromatic rings. The fourth-order valence-electron chi connectivity index (χ4n) is 4.09. The van der Waals surface area contributed by atoms with Gasteiger partial charge < -0.3 is 14.7 Å². The lowest BCUT2D eigenvalue weighted by Gasteiger charge is -2.42. The van der Waals surface area contributed by atoms with Gasteiger partial charge in [0.05, 0.1) is 37.1 Å². The Morgan fingerprint density at radius 1 is 1.35 bits per heavy atom. The summed E-state index contributed by atoms with van der Waals surface area (Å²) >= 11 is 1.79. The average molecular weight is 331 g/mol. The number of ether oxygens (including phenoxy) is 1. The molecule has 4 heterocycles. The van der Waals surface area contributed by atoms with Crippen LogP contribution in [0.25, 0.3) is 0 Å². The van der Waals surface area contributed by atoms with Crippen molar-refractivity contribution in [3.05, 3.63) is 23.8 Å². The number of amidine groups is 1. The number of hydrogen-bond donors (Lipinski definition) is 1. The number of nitrogens with zero attached hydrogens (tertiary/aromatic N) is 3. The predicted octanol–water partition coefficient (Wildman–Crippen LogP) is 1.94. The van der Waals surface area contributed by atoms with Gasteiger partial charge in [-0.2, -0.15) is 0 Å². The molecule has 4 atom stereocenters. The topological polar surface area (TPSA) is 57.4 Å². The molecule has 4 aliphatic heterocycles. The number of thioether (sulfide) groups is 1. The van der Waals surface area contributed by atoms with Gasteiger partial charge in [-0.1, -0.05) is 11.8 Å². The van der Waals surface area contributed by atoms with Crippen LogP contribution < -0.4 is 0 Å². The smallest absolute Gasteiger partial charge is 0.177 e. The fourth-order valence-corrected chi connectivity index (χ4v) is 5.21. The van der Waals surface area contributed by atoms with Gasteiger partial charge in [-0.3, -0.25) is 4.99 Å². The first kappa shape index (κ1) is 14.3. The number of aliphatic hydroxyl groups excluding tert-OH is 1. The fraction of sp³-hybridized carbons (Fsp3) is 0.647. The van der Waals surface area contributed by atoms with Crippen molar-refractivity contribution in [1.29, 1.82) is 0 Å². The minimum atomic E-state index is -0.263. The third-order valence-corrected chi connectivity index (χ3v) is 6.63. The summed E-state index contributed by atoms with van der Waals surface area (Å²) in [6.07, 6.45) is 10.7. The van der Waals surface area contributed by atoms with Crippen molar-refractivity contribution in [1.82, 2.24) is 4.90 Å². The molecule has 5 nitrogen and oxygen atoms in total. The molecular weight excluding hydrogens is 310 g/mol. The van der Waals surface area contributed by atoms with E-state index in [0.29, 0.717) is 18.6 Å². The second kappa shape index (κ2) is 5.19. The van der Waals surface area contributed by atoms with Gasteiger partial charge in [0.1, 0.15) is 5.84 Å². The maximum atomic E-state index is 9.30. The normalized spacial score (nSPS) is 41.6. The van der Waals surface area contributed by atoms with Crippen LogP contribution in [0.4, 0.5) is 0 Å². The van der Waals surface area contributed by atoms with Crippen LogP contribution in [0.3, 0.4) is 0 Å². The van der Waals surface area contributed by atoms with Crippen molar-refractivity contribution < 1.29 is 9.84 Å². The highest BCUT2D eigenvalue weighted by Gasteiger charge is 2.57. The second-order valence-electron chi connectivity index (χ2n) is 6.94. The van der Waals surface area contributed by atoms with E-state index in [2.05, 4.69) is 27.5 Å². The zero-order valence-electron chi connectivity index (χ0n) is 13.0. The predicted molar refractivity (Wildman–Crippen MR) is 91.7 cm³/mol. The van der Waals surface area contributed by atoms with Crippen LogP contribution in [0.15, 0.2) is 33.7 Å². The van der Waals surface area contributed by atoms with Crippen LogP contribution in [0.5, 0.6) is 0 Å². The van der Waals surface area contributed by atoms with E-state index in [9.17, 15) is 5.11 Å². The minimum Gasteiger partial charge on any atom is -0.394 e. The van der Waals surface area contributed by atoms with Crippen LogP contribution in [-0.2, 0) is 4.74 Å². The van der Waals surface area contributed by atoms with Crippen molar-refractivity contribution in [3.8, 4) is 0 Å². The number of aliphatic hydroxyl groups is 1. The Labute approximate surface area is 140 Å². The van der Waals surface area contributed by atoms with E-state index in [1.54, 1.807) is 11.8 Å². The van der Waals surface area contributed by atoms with E-state index in [-0.39, 0.29) is 23.6 Å². The summed E-state index contributed by atoms with van der Waals surface area (Å²) in [6.45, 7) is 0.808. The summed E-state index contributed by atoms with van der Waals surface area (Å²) < 4.78 is 5.87. The lowest BCUT2D eigenvalue weighted by atomic mass is 9.96. The van der Waals surface area contributed by atoms with Gasteiger partial charge in [-0.05, 0) is 43.2 Å². The van der Waals surface area contributed by atoms with Crippen molar-refractivity contribution >= 4 is 23.3 Å². The summed E-state index contributed by atoms with van der Waals surface area (Å²) in [7, 11) is 0. The molecule has 1 saturated carbocycles. The Bertz CT molecular complexity index is 632. The largest absolute Gasteiger partial charge is 0.394 e. The van der Waals surface area contributed by atoms with Crippen molar-refractivity contribution in [2.24, 2.45) is 15.9 Å². The molecule has 1 saturated heterocycles. The summed E-state index contributed by atoms with van der Waals surface area (Å²) in [5.74, 6) is 1.88. The molecule has 0 aromatic carbocycles. The second-order valence-corrected chi connectivity index (χ2v) is 8.07. The zero-order chi connectivity index (χ0) is 15.4. The first-order chi connectivity index (χ1) is 11.3. The lowest BCUT2D eigenvalue weighted by molar-refractivity contribution is -0.0488. The highest BCUT2D eigenvalue weighted by atomic mass is 32.2. The Hall–Kier alpha value is -1.11. The van der Waals surface area contributed by atoms with Crippen LogP contribution >= 0.6 is 11.8 Å². The van der Waals surface area contributed by atoms with E-state index in [1.165, 1.54) is 18.7 Å². The number of hydrogen-bond acceptors (Lipinski definition) is 6. The van der Waals surface area contributed by atoms with E-state index in [4.69, 9.17) is 9.73 Å². The third-order valence-electron chi connectivity index (χ3n) is 5.45. The first-order valence-corrected chi connectivity index (χ1v) is 9.39. The van der Waals surface area contributed by atoms with Crippen molar-refractivity contribution in [3.63, 3.8) is 0 Å². The molecule has 0 bridgehead atoms. The van der Waals surface area contributed by atoms with Crippen LogP contribution in [0.1, 0.15) is 25.7 Å². The molecule has 0 radical (unpaired) electrons. The van der Waals surface area contributed by atoms with Gasteiger partial charge in [-0.15, -0.1) is 0 Å². The quantitative estimate of drug-likeness (QED) is 0.859. The molecular formula is C17H21N3O2S. The molecule has 0 amide bonds. The van der Waals surface area contributed by atoms with Gasteiger partial charge in [-0.25, -0.2) is 4.99 Å². The SMILES string of the molecule is OC[C@H]1CC[C@H](N2C(C3CC3)=NC34SC=CC3=NC=CC24)CO1. The molecule has 1 N–H and O–H groups in total. The number of rotatable bonds is 3. The van der Waals surface area contributed by atoms with E-state index in [0.717, 1.165) is 18.6 Å². The summed E-state index contributed by atoms with van der Waals surface area (Å²) in [4.78, 5) is 12.1. The van der Waals surface area contributed by atoms with Gasteiger partial charge in [0, 0.05) is 12.1 Å². The lowest BCUT2D eigenvalue weighted by Crippen LogP contribution is -2.54. The maximum Gasteiger partial charge on any atom is 0.177 e. The first-order valence-electron chi connectivity index (χ1n) is 8.51. The van der Waals surface area contributed by atoms with Crippen LogP contribution in [0, 0.1) is 5.92 Å². The van der Waals surface area contributed by atoms with E-state index in [1.807, 2.05) is 6.20 Å². The standard InChI is InChI=1S/C17H21N3O2S/c21-9-13-4-3-12(10-22-13)20-15-5-7-18-14-6-8-23-17(14,15)19-16(20)11-1-2-11/h5-8,11-13,15,21H,1-4,9-10H2/t12-,13+,15?,17?/m0/s1. The molecule has 5 aliphatic rings. The van der Waals surface area contributed by atoms with Crippen molar-refractivity contribution in [2.45, 2.75) is 48.7 Å². The van der Waals surface area contributed by atoms with Gasteiger partial charge in [0.2, 0.25) is 0 Å². The van der Waals surface area contributed by atoms with Gasteiger partial charge in [0.15, 0.2) is 4.87 Å². The Morgan fingerprint density at radius 3 is 3.00 bits per heavy atom. The summed E-state index contributed by atoms with van der Waals surface area (Å²) in [5.41, 5.74) is 1.08. The van der Waals surface area contributed by atoms with Crippen LogP contribution in [0.2, 0.25) is 0 Å². The highest BCUT2D eigenvalue weighted by molar-refractivity contribution is 8.04. The van der Waals surface area contributed by atoms with E-state index >= 15 is 0 Å². The number of aliphatic imine (C=N–C) groups is 2. The minimum absolute atomic E-state index is 0.00525. The Balaban J connectivity index is 1.48.